The monoisotopic (exact) mass is 476 g/mol. The maximum absolute atomic E-state index is 5.18. The van der Waals surface area contributed by atoms with Gasteiger partial charge in [-0.25, -0.2) is 9.97 Å². The number of hydrogen-bond acceptors (Lipinski definition) is 5. The number of rotatable bonds is 9. The molecule has 4 rings (SSSR count). The molecule has 0 amide bonds. The molecule has 1 N–H and O–H groups in total. The second-order valence-electron chi connectivity index (χ2n) is 10.1. The van der Waals surface area contributed by atoms with Crippen LogP contribution >= 0.6 is 0 Å². The lowest BCUT2D eigenvalue weighted by molar-refractivity contribution is 0.281. The van der Waals surface area contributed by atoms with E-state index in [1.807, 2.05) is 50.2 Å². The number of anilines is 1. The van der Waals surface area contributed by atoms with Gasteiger partial charge in [0, 0.05) is 19.5 Å². The summed E-state index contributed by atoms with van der Waals surface area (Å²) in [7, 11) is 5.70. The Balaban J connectivity index is 0.000000211. The van der Waals surface area contributed by atoms with Crippen molar-refractivity contribution in [1.29, 1.82) is 0 Å². The molecule has 0 saturated heterocycles. The maximum atomic E-state index is 5.18. The second kappa shape index (κ2) is 14.0. The SMILES string of the molecule is COc1ccc(CCCCNCC2CCC(C)CC2)cc1.Cc1nc(N(C)C)c2ccccc2n1. The van der Waals surface area contributed by atoms with E-state index in [-0.39, 0.29) is 0 Å². The summed E-state index contributed by atoms with van der Waals surface area (Å²) in [6.45, 7) is 6.71. The summed E-state index contributed by atoms with van der Waals surface area (Å²) in [6, 6.07) is 16.5. The Morgan fingerprint density at radius 1 is 0.943 bits per heavy atom. The summed E-state index contributed by atoms with van der Waals surface area (Å²) in [5.41, 5.74) is 2.42. The molecule has 0 unspecified atom stereocenters. The summed E-state index contributed by atoms with van der Waals surface area (Å²) >= 11 is 0. The smallest absolute Gasteiger partial charge is 0.139 e. The van der Waals surface area contributed by atoms with Crippen LogP contribution in [-0.4, -0.2) is 44.3 Å². The van der Waals surface area contributed by atoms with E-state index < -0.39 is 0 Å². The highest BCUT2D eigenvalue weighted by Crippen LogP contribution is 2.27. The number of unbranched alkanes of at least 4 members (excludes halogenated alkanes) is 1. The lowest BCUT2D eigenvalue weighted by atomic mass is 9.83. The quantitative estimate of drug-likeness (QED) is 0.360. The fraction of sp³-hybridized carbons (Fsp3) is 0.533. The third kappa shape index (κ3) is 8.81. The van der Waals surface area contributed by atoms with Crippen LogP contribution in [0.2, 0.25) is 0 Å². The first kappa shape index (κ1) is 26.9. The van der Waals surface area contributed by atoms with Crippen molar-refractivity contribution in [2.45, 2.75) is 58.8 Å². The molecule has 190 valence electrons. The lowest BCUT2D eigenvalue weighted by Gasteiger charge is -2.26. The number of fused-ring (bicyclic) bond motifs is 1. The van der Waals surface area contributed by atoms with Crippen molar-refractivity contribution < 1.29 is 4.74 Å². The van der Waals surface area contributed by atoms with Gasteiger partial charge >= 0.3 is 0 Å². The summed E-state index contributed by atoms with van der Waals surface area (Å²) in [4.78, 5) is 10.8. The predicted molar refractivity (Wildman–Crippen MR) is 149 cm³/mol. The van der Waals surface area contributed by atoms with Gasteiger partial charge in [0.15, 0.2) is 0 Å². The van der Waals surface area contributed by atoms with Crippen LogP contribution in [0, 0.1) is 18.8 Å². The van der Waals surface area contributed by atoms with E-state index >= 15 is 0 Å². The van der Waals surface area contributed by atoms with Crippen LogP contribution in [0.3, 0.4) is 0 Å². The molecule has 35 heavy (non-hydrogen) atoms. The minimum absolute atomic E-state index is 0.812. The number of methoxy groups -OCH3 is 1. The molecular formula is C30H44N4O. The molecule has 1 aliphatic carbocycles. The van der Waals surface area contributed by atoms with Crippen LogP contribution < -0.4 is 15.0 Å². The van der Waals surface area contributed by atoms with Crippen molar-refractivity contribution in [3.05, 3.63) is 59.9 Å². The van der Waals surface area contributed by atoms with Crippen LogP contribution in [0.25, 0.3) is 10.9 Å². The summed E-state index contributed by atoms with van der Waals surface area (Å²) in [5, 5.41) is 4.75. The highest BCUT2D eigenvalue weighted by atomic mass is 16.5. The standard InChI is InChI=1S/C19H31NO.C11H13N3/c1-16-6-8-18(9-7-16)15-20-14-4-3-5-17-10-12-19(21-2)13-11-17;1-8-12-10-7-5-4-6-9(10)11(13-8)14(2)3/h10-13,16,18,20H,3-9,14-15H2,1-2H3;4-7H,1-3H3. The Bertz CT molecular complexity index is 1010. The van der Waals surface area contributed by atoms with E-state index in [2.05, 4.69) is 46.5 Å². The molecule has 0 aliphatic heterocycles. The highest BCUT2D eigenvalue weighted by Gasteiger charge is 2.17. The van der Waals surface area contributed by atoms with Gasteiger partial charge in [-0.1, -0.05) is 44.0 Å². The van der Waals surface area contributed by atoms with Gasteiger partial charge < -0.3 is 15.0 Å². The van der Waals surface area contributed by atoms with Crippen molar-refractivity contribution in [2.24, 2.45) is 11.8 Å². The zero-order valence-electron chi connectivity index (χ0n) is 22.4. The molecule has 3 aromatic rings. The normalized spacial score (nSPS) is 17.5. The van der Waals surface area contributed by atoms with Gasteiger partial charge in [0.25, 0.3) is 0 Å². The number of ether oxygens (including phenoxy) is 1. The number of aromatic nitrogens is 2. The lowest BCUT2D eigenvalue weighted by Crippen LogP contribution is -2.26. The van der Waals surface area contributed by atoms with Crippen LogP contribution in [0.4, 0.5) is 5.82 Å². The van der Waals surface area contributed by atoms with Crippen molar-refractivity contribution >= 4 is 16.7 Å². The molecule has 1 heterocycles. The van der Waals surface area contributed by atoms with Crippen molar-refractivity contribution in [3.63, 3.8) is 0 Å². The van der Waals surface area contributed by atoms with Gasteiger partial charge in [-0.3, -0.25) is 0 Å². The Morgan fingerprint density at radius 3 is 2.34 bits per heavy atom. The van der Waals surface area contributed by atoms with Crippen LogP contribution in [-0.2, 0) is 6.42 Å². The molecule has 1 saturated carbocycles. The second-order valence-corrected chi connectivity index (χ2v) is 10.1. The first-order valence-electron chi connectivity index (χ1n) is 13.2. The predicted octanol–water partition coefficient (Wildman–Crippen LogP) is 6.44. The number of para-hydroxylation sites is 1. The number of nitrogens with zero attached hydrogens (tertiary/aromatic N) is 3. The van der Waals surface area contributed by atoms with E-state index in [4.69, 9.17) is 4.74 Å². The average molecular weight is 477 g/mol. The number of aryl methyl sites for hydroxylation is 2. The van der Waals surface area contributed by atoms with Crippen molar-refractivity contribution in [3.8, 4) is 5.75 Å². The Hall–Kier alpha value is -2.66. The van der Waals surface area contributed by atoms with Crippen LogP contribution in [0.15, 0.2) is 48.5 Å². The molecule has 2 aromatic carbocycles. The summed E-state index contributed by atoms with van der Waals surface area (Å²) < 4.78 is 5.18. The zero-order valence-corrected chi connectivity index (χ0v) is 22.4. The topological polar surface area (TPSA) is 50.3 Å². The van der Waals surface area contributed by atoms with Crippen LogP contribution in [0.1, 0.15) is 56.8 Å². The molecule has 0 radical (unpaired) electrons. The largest absolute Gasteiger partial charge is 0.497 e. The Morgan fingerprint density at radius 2 is 1.66 bits per heavy atom. The molecule has 1 fully saturated rings. The maximum Gasteiger partial charge on any atom is 0.139 e. The Kier molecular flexibility index (Phi) is 10.8. The molecule has 0 atom stereocenters. The molecule has 1 aliphatic rings. The number of hydrogen-bond donors (Lipinski definition) is 1. The molecular weight excluding hydrogens is 432 g/mol. The fourth-order valence-electron chi connectivity index (χ4n) is 4.72. The summed E-state index contributed by atoms with van der Waals surface area (Å²) in [5.74, 6) is 4.64. The molecule has 5 heteroatoms. The minimum atomic E-state index is 0.812. The van der Waals surface area contributed by atoms with Gasteiger partial charge in [-0.2, -0.15) is 0 Å². The Labute approximate surface area is 212 Å². The summed E-state index contributed by atoms with van der Waals surface area (Å²) in [6.07, 6.45) is 9.44. The molecule has 5 nitrogen and oxygen atoms in total. The van der Waals surface area contributed by atoms with Gasteiger partial charge in [0.2, 0.25) is 0 Å². The molecule has 1 aromatic heterocycles. The van der Waals surface area contributed by atoms with Gasteiger partial charge in [0.1, 0.15) is 17.4 Å². The highest BCUT2D eigenvalue weighted by molar-refractivity contribution is 5.89. The molecule has 0 spiro atoms. The fourth-order valence-corrected chi connectivity index (χ4v) is 4.72. The van der Waals surface area contributed by atoms with E-state index in [0.29, 0.717) is 0 Å². The van der Waals surface area contributed by atoms with Gasteiger partial charge in [-0.15, -0.1) is 0 Å². The van der Waals surface area contributed by atoms with E-state index in [1.165, 1.54) is 63.6 Å². The first-order chi connectivity index (χ1) is 17.0. The minimum Gasteiger partial charge on any atom is -0.497 e. The zero-order chi connectivity index (χ0) is 25.0. The van der Waals surface area contributed by atoms with Crippen molar-refractivity contribution in [2.75, 3.05) is 39.2 Å². The van der Waals surface area contributed by atoms with E-state index in [9.17, 15) is 0 Å². The van der Waals surface area contributed by atoms with Crippen LogP contribution in [0.5, 0.6) is 5.75 Å². The van der Waals surface area contributed by atoms with Gasteiger partial charge in [-0.05, 0) is 93.8 Å². The molecule has 0 bridgehead atoms. The van der Waals surface area contributed by atoms with Crippen molar-refractivity contribution in [1.82, 2.24) is 15.3 Å². The van der Waals surface area contributed by atoms with E-state index in [1.54, 1.807) is 7.11 Å². The van der Waals surface area contributed by atoms with Gasteiger partial charge in [0.05, 0.1) is 12.6 Å². The number of benzene rings is 2. The van der Waals surface area contributed by atoms with E-state index in [0.717, 1.165) is 40.1 Å². The third-order valence-electron chi connectivity index (χ3n) is 6.92. The first-order valence-corrected chi connectivity index (χ1v) is 13.2. The number of nitrogens with one attached hydrogen (secondary N) is 1. The average Bonchev–Trinajstić information content (AvgIpc) is 2.87. The third-order valence-corrected chi connectivity index (χ3v) is 6.92.